The Morgan fingerprint density at radius 1 is 1.14 bits per heavy atom. The average Bonchev–Trinajstić information content (AvgIpc) is 2.41. The maximum atomic E-state index is 12.2. The van der Waals surface area contributed by atoms with E-state index in [1.54, 1.807) is 43.3 Å². The lowest BCUT2D eigenvalue weighted by molar-refractivity contribution is -0.136. The van der Waals surface area contributed by atoms with Gasteiger partial charge in [-0.05, 0) is 36.8 Å². The summed E-state index contributed by atoms with van der Waals surface area (Å²) in [5.74, 6) is -1.22. The average molecular weight is 285 g/mol. The smallest absolute Gasteiger partial charge is 0.307 e. The highest BCUT2D eigenvalue weighted by atomic mass is 16.4. The van der Waals surface area contributed by atoms with E-state index in [0.717, 1.165) is 0 Å². The molecule has 0 spiro atoms. The summed E-state index contributed by atoms with van der Waals surface area (Å²) < 4.78 is 0. The van der Waals surface area contributed by atoms with E-state index in [1.165, 1.54) is 6.07 Å². The van der Waals surface area contributed by atoms with Crippen molar-refractivity contribution in [3.8, 4) is 5.75 Å². The zero-order valence-electron chi connectivity index (χ0n) is 11.5. The molecular weight excluding hydrogens is 270 g/mol. The molecule has 0 heterocycles. The lowest BCUT2D eigenvalue weighted by atomic mass is 10.1. The molecule has 0 saturated heterocycles. The van der Waals surface area contributed by atoms with Crippen molar-refractivity contribution in [2.24, 2.45) is 0 Å². The van der Waals surface area contributed by atoms with Gasteiger partial charge in [-0.15, -0.1) is 0 Å². The van der Waals surface area contributed by atoms with E-state index in [1.807, 2.05) is 0 Å². The molecule has 0 radical (unpaired) electrons. The number of carbonyl (C=O) groups excluding carboxylic acids is 1. The van der Waals surface area contributed by atoms with Crippen LogP contribution in [0, 0.1) is 6.92 Å². The molecule has 0 aliphatic rings. The summed E-state index contributed by atoms with van der Waals surface area (Å²) in [5.41, 5.74) is 1.99. The molecule has 21 heavy (non-hydrogen) atoms. The number of hydrogen-bond acceptors (Lipinski definition) is 3. The molecule has 1 amide bonds. The van der Waals surface area contributed by atoms with Crippen LogP contribution in [-0.4, -0.2) is 22.1 Å². The summed E-state index contributed by atoms with van der Waals surface area (Å²) in [6.45, 7) is 1.66. The summed E-state index contributed by atoms with van der Waals surface area (Å²) in [5, 5.41) is 21.1. The highest BCUT2D eigenvalue weighted by Gasteiger charge is 2.12. The van der Waals surface area contributed by atoms with E-state index in [2.05, 4.69) is 5.32 Å². The molecule has 2 aromatic carbocycles. The Labute approximate surface area is 121 Å². The molecule has 0 saturated carbocycles. The van der Waals surface area contributed by atoms with Gasteiger partial charge in [-0.1, -0.05) is 18.2 Å². The van der Waals surface area contributed by atoms with Gasteiger partial charge in [0.1, 0.15) is 5.75 Å². The van der Waals surface area contributed by atoms with Gasteiger partial charge in [0, 0.05) is 16.8 Å². The molecule has 3 N–H and O–H groups in total. The first-order valence-corrected chi connectivity index (χ1v) is 6.38. The van der Waals surface area contributed by atoms with Gasteiger partial charge >= 0.3 is 5.97 Å². The van der Waals surface area contributed by atoms with E-state index in [-0.39, 0.29) is 18.1 Å². The second-order valence-electron chi connectivity index (χ2n) is 4.67. The van der Waals surface area contributed by atoms with Crippen LogP contribution in [0.5, 0.6) is 5.75 Å². The monoisotopic (exact) mass is 285 g/mol. The number of carboxylic acid groups (broad SMARTS) is 1. The van der Waals surface area contributed by atoms with Crippen molar-refractivity contribution in [1.82, 2.24) is 0 Å². The van der Waals surface area contributed by atoms with Crippen LogP contribution < -0.4 is 5.32 Å². The Hall–Kier alpha value is -2.82. The highest BCUT2D eigenvalue weighted by Crippen LogP contribution is 2.21. The number of aromatic hydroxyl groups is 1. The van der Waals surface area contributed by atoms with Crippen LogP contribution in [0.1, 0.15) is 21.5 Å². The number of rotatable bonds is 4. The van der Waals surface area contributed by atoms with Gasteiger partial charge < -0.3 is 15.5 Å². The van der Waals surface area contributed by atoms with E-state index in [0.29, 0.717) is 22.4 Å². The molecule has 0 bridgehead atoms. The largest absolute Gasteiger partial charge is 0.508 e. The van der Waals surface area contributed by atoms with Crippen molar-refractivity contribution in [3.63, 3.8) is 0 Å². The number of hydrogen-bond donors (Lipinski definition) is 3. The van der Waals surface area contributed by atoms with Crippen molar-refractivity contribution in [3.05, 3.63) is 59.2 Å². The molecule has 0 unspecified atom stereocenters. The van der Waals surface area contributed by atoms with Crippen LogP contribution in [0.15, 0.2) is 42.5 Å². The van der Waals surface area contributed by atoms with Gasteiger partial charge in [0.2, 0.25) is 0 Å². The predicted octanol–water partition coefficient (Wildman–Crippen LogP) is 2.58. The van der Waals surface area contributed by atoms with Gasteiger partial charge in [-0.2, -0.15) is 0 Å². The van der Waals surface area contributed by atoms with Crippen LogP contribution in [0.4, 0.5) is 5.69 Å². The quantitative estimate of drug-likeness (QED) is 0.805. The summed E-state index contributed by atoms with van der Waals surface area (Å²) in [7, 11) is 0. The molecule has 0 aliphatic carbocycles. The van der Waals surface area contributed by atoms with Crippen LogP contribution >= 0.6 is 0 Å². The minimum Gasteiger partial charge on any atom is -0.508 e. The first kappa shape index (κ1) is 14.6. The Morgan fingerprint density at radius 2 is 1.86 bits per heavy atom. The molecule has 108 valence electrons. The fraction of sp³-hybridized carbons (Fsp3) is 0.125. The Morgan fingerprint density at radius 3 is 2.57 bits per heavy atom. The molecule has 5 heteroatoms. The maximum absolute atomic E-state index is 12.2. The normalized spacial score (nSPS) is 10.1. The van der Waals surface area contributed by atoms with Gasteiger partial charge in [-0.3, -0.25) is 9.59 Å². The van der Waals surface area contributed by atoms with Gasteiger partial charge in [0.15, 0.2) is 0 Å². The summed E-state index contributed by atoms with van der Waals surface area (Å²) in [6.07, 6.45) is -0.102. The third-order valence-electron chi connectivity index (χ3n) is 3.09. The van der Waals surface area contributed by atoms with Crippen LogP contribution in [-0.2, 0) is 11.2 Å². The molecule has 0 atom stereocenters. The van der Waals surface area contributed by atoms with Crippen LogP contribution in [0.25, 0.3) is 0 Å². The number of anilines is 1. The SMILES string of the molecule is Cc1c(O)cccc1C(=O)Nc1cccc(CC(=O)O)c1. The standard InChI is InChI=1S/C16H15NO4/c1-10-13(6-3-7-14(10)18)16(21)17-12-5-2-4-11(8-12)9-15(19)20/h2-8,18H,9H2,1H3,(H,17,21)(H,19,20). The van der Waals surface area contributed by atoms with Crippen molar-refractivity contribution in [2.75, 3.05) is 5.32 Å². The fourth-order valence-corrected chi connectivity index (χ4v) is 2.00. The molecule has 2 rings (SSSR count). The summed E-state index contributed by atoms with van der Waals surface area (Å²) in [6, 6.07) is 11.4. The van der Waals surface area contributed by atoms with Gasteiger partial charge in [0.25, 0.3) is 5.91 Å². The molecule has 5 nitrogen and oxygen atoms in total. The zero-order chi connectivity index (χ0) is 15.4. The second kappa shape index (κ2) is 6.09. The third-order valence-corrected chi connectivity index (χ3v) is 3.09. The van der Waals surface area contributed by atoms with Crippen molar-refractivity contribution < 1.29 is 19.8 Å². The van der Waals surface area contributed by atoms with Gasteiger partial charge in [-0.25, -0.2) is 0 Å². The number of aliphatic carboxylic acids is 1. The highest BCUT2D eigenvalue weighted by molar-refractivity contribution is 6.05. The lowest BCUT2D eigenvalue weighted by Crippen LogP contribution is -2.13. The number of nitrogens with one attached hydrogen (secondary N) is 1. The summed E-state index contributed by atoms with van der Waals surface area (Å²) >= 11 is 0. The molecule has 0 fully saturated rings. The van der Waals surface area contributed by atoms with Crippen LogP contribution in [0.3, 0.4) is 0 Å². The Balaban J connectivity index is 2.20. The topological polar surface area (TPSA) is 86.6 Å². The van der Waals surface area contributed by atoms with E-state index < -0.39 is 5.97 Å². The van der Waals surface area contributed by atoms with E-state index in [9.17, 15) is 14.7 Å². The van der Waals surface area contributed by atoms with Crippen molar-refractivity contribution >= 4 is 17.6 Å². The Bertz CT molecular complexity index is 694. The summed E-state index contributed by atoms with van der Waals surface area (Å²) in [4.78, 5) is 22.9. The molecule has 2 aromatic rings. The predicted molar refractivity (Wildman–Crippen MR) is 78.6 cm³/mol. The minimum atomic E-state index is -0.928. The van der Waals surface area contributed by atoms with Crippen molar-refractivity contribution in [2.45, 2.75) is 13.3 Å². The zero-order valence-corrected chi connectivity index (χ0v) is 11.5. The number of carboxylic acids is 1. The van der Waals surface area contributed by atoms with Gasteiger partial charge in [0.05, 0.1) is 6.42 Å². The van der Waals surface area contributed by atoms with E-state index in [4.69, 9.17) is 5.11 Å². The lowest BCUT2D eigenvalue weighted by Gasteiger charge is -2.09. The van der Waals surface area contributed by atoms with E-state index >= 15 is 0 Å². The van der Waals surface area contributed by atoms with Crippen LogP contribution in [0.2, 0.25) is 0 Å². The number of amides is 1. The number of phenols is 1. The second-order valence-corrected chi connectivity index (χ2v) is 4.67. The third kappa shape index (κ3) is 3.60. The molecule has 0 aromatic heterocycles. The number of benzene rings is 2. The first-order chi connectivity index (χ1) is 9.97. The minimum absolute atomic E-state index is 0.0577. The Kier molecular flexibility index (Phi) is 4.23. The number of carbonyl (C=O) groups is 2. The molecular formula is C16H15NO4. The van der Waals surface area contributed by atoms with Crippen molar-refractivity contribution in [1.29, 1.82) is 0 Å². The first-order valence-electron chi connectivity index (χ1n) is 6.38. The fourth-order valence-electron chi connectivity index (χ4n) is 2.00. The maximum Gasteiger partial charge on any atom is 0.307 e. The number of phenolic OH excluding ortho intramolecular Hbond substituents is 1. The molecule has 0 aliphatic heterocycles.